The second kappa shape index (κ2) is 4.39. The molecule has 0 radical (unpaired) electrons. The molecule has 0 unspecified atom stereocenters. The standard InChI is InChI=1S/C7H6F3IN2O2/c8-7(9,10)15-6-5(14)4(11)3(1-12)2-13-6/h2,14H,1,12H2. The third-order valence-electron chi connectivity index (χ3n) is 1.46. The van der Waals surface area contributed by atoms with E-state index in [0.29, 0.717) is 5.56 Å². The van der Waals surface area contributed by atoms with Crippen LogP contribution in [0.1, 0.15) is 5.56 Å². The van der Waals surface area contributed by atoms with E-state index in [2.05, 4.69) is 9.72 Å². The molecule has 0 atom stereocenters. The van der Waals surface area contributed by atoms with Crippen LogP contribution in [0.15, 0.2) is 6.20 Å². The van der Waals surface area contributed by atoms with Crippen LogP contribution in [0, 0.1) is 3.57 Å². The van der Waals surface area contributed by atoms with Crippen molar-refractivity contribution in [3.8, 4) is 11.6 Å². The van der Waals surface area contributed by atoms with Crippen molar-refractivity contribution in [1.82, 2.24) is 4.98 Å². The predicted molar refractivity (Wildman–Crippen MR) is 53.2 cm³/mol. The van der Waals surface area contributed by atoms with Crippen LogP contribution < -0.4 is 10.5 Å². The summed E-state index contributed by atoms with van der Waals surface area (Å²) in [5, 5.41) is 9.32. The highest BCUT2D eigenvalue weighted by molar-refractivity contribution is 14.1. The largest absolute Gasteiger partial charge is 0.574 e. The molecule has 4 nitrogen and oxygen atoms in total. The number of rotatable bonds is 2. The van der Waals surface area contributed by atoms with Gasteiger partial charge in [-0.3, -0.25) is 0 Å². The zero-order valence-corrected chi connectivity index (χ0v) is 9.33. The van der Waals surface area contributed by atoms with E-state index in [1.165, 1.54) is 0 Å². The smallest absolute Gasteiger partial charge is 0.502 e. The lowest BCUT2D eigenvalue weighted by Crippen LogP contribution is -2.18. The van der Waals surface area contributed by atoms with E-state index in [4.69, 9.17) is 5.73 Å². The molecule has 0 spiro atoms. The van der Waals surface area contributed by atoms with Crippen molar-refractivity contribution in [2.75, 3.05) is 0 Å². The maximum absolute atomic E-state index is 11.8. The average molecular weight is 334 g/mol. The second-order valence-electron chi connectivity index (χ2n) is 2.50. The Kier molecular flexibility index (Phi) is 3.60. The summed E-state index contributed by atoms with van der Waals surface area (Å²) in [7, 11) is 0. The summed E-state index contributed by atoms with van der Waals surface area (Å²) in [6.45, 7) is 0.0745. The van der Waals surface area contributed by atoms with Gasteiger partial charge in [0.1, 0.15) is 0 Å². The van der Waals surface area contributed by atoms with Gasteiger partial charge in [-0.1, -0.05) is 0 Å². The SMILES string of the molecule is NCc1cnc(OC(F)(F)F)c(O)c1I. The maximum atomic E-state index is 11.8. The van der Waals surface area contributed by atoms with Gasteiger partial charge in [0.2, 0.25) is 0 Å². The lowest BCUT2D eigenvalue weighted by atomic mass is 10.3. The summed E-state index contributed by atoms with van der Waals surface area (Å²) in [5.41, 5.74) is 5.72. The zero-order chi connectivity index (χ0) is 11.6. The number of pyridine rings is 1. The van der Waals surface area contributed by atoms with Crippen molar-refractivity contribution in [2.45, 2.75) is 12.9 Å². The highest BCUT2D eigenvalue weighted by Crippen LogP contribution is 2.34. The molecule has 0 amide bonds. The Balaban J connectivity index is 3.07. The molecule has 0 fully saturated rings. The summed E-state index contributed by atoms with van der Waals surface area (Å²) in [6, 6.07) is 0. The molecule has 84 valence electrons. The molecule has 0 aliphatic rings. The van der Waals surface area contributed by atoms with E-state index in [9.17, 15) is 18.3 Å². The molecule has 0 aliphatic carbocycles. The van der Waals surface area contributed by atoms with Gasteiger partial charge >= 0.3 is 6.36 Å². The third kappa shape index (κ3) is 3.09. The van der Waals surface area contributed by atoms with E-state index in [1.54, 1.807) is 22.6 Å². The van der Waals surface area contributed by atoms with Gasteiger partial charge in [-0.25, -0.2) is 4.98 Å². The Hall–Kier alpha value is -0.770. The molecule has 1 aromatic heterocycles. The first kappa shape index (κ1) is 12.3. The summed E-state index contributed by atoms with van der Waals surface area (Å²) >= 11 is 1.66. The Morgan fingerprint density at radius 1 is 1.53 bits per heavy atom. The Morgan fingerprint density at radius 2 is 2.13 bits per heavy atom. The summed E-state index contributed by atoms with van der Waals surface area (Å²) in [4.78, 5) is 3.32. The van der Waals surface area contributed by atoms with Gasteiger partial charge in [0, 0.05) is 18.3 Å². The monoisotopic (exact) mass is 334 g/mol. The van der Waals surface area contributed by atoms with Crippen molar-refractivity contribution in [3.63, 3.8) is 0 Å². The summed E-state index contributed by atoms with van der Waals surface area (Å²) in [5.74, 6) is -1.53. The van der Waals surface area contributed by atoms with Gasteiger partial charge in [0.05, 0.1) is 3.57 Å². The van der Waals surface area contributed by atoms with Crippen molar-refractivity contribution < 1.29 is 23.0 Å². The van der Waals surface area contributed by atoms with Crippen LogP contribution in [0.2, 0.25) is 0 Å². The maximum Gasteiger partial charge on any atom is 0.574 e. The van der Waals surface area contributed by atoms with Gasteiger partial charge in [0.15, 0.2) is 5.75 Å². The fraction of sp³-hybridized carbons (Fsp3) is 0.286. The van der Waals surface area contributed by atoms with Gasteiger partial charge in [-0.2, -0.15) is 0 Å². The van der Waals surface area contributed by atoms with E-state index in [1.807, 2.05) is 0 Å². The van der Waals surface area contributed by atoms with Crippen LogP contribution >= 0.6 is 22.6 Å². The van der Waals surface area contributed by atoms with Crippen LogP contribution in [0.3, 0.4) is 0 Å². The minimum Gasteiger partial charge on any atom is -0.502 e. The predicted octanol–water partition coefficient (Wildman–Crippen LogP) is 1.75. The minimum atomic E-state index is -4.88. The zero-order valence-electron chi connectivity index (χ0n) is 7.18. The third-order valence-corrected chi connectivity index (χ3v) is 2.67. The number of nitrogens with zero attached hydrogens (tertiary/aromatic N) is 1. The van der Waals surface area contributed by atoms with E-state index < -0.39 is 18.0 Å². The van der Waals surface area contributed by atoms with Crippen LogP contribution in [0.4, 0.5) is 13.2 Å². The molecule has 0 bridgehead atoms. The van der Waals surface area contributed by atoms with E-state index in [-0.39, 0.29) is 10.1 Å². The Labute approximate surface area is 96.4 Å². The molecule has 0 saturated heterocycles. The lowest BCUT2D eigenvalue weighted by Gasteiger charge is -2.11. The van der Waals surface area contributed by atoms with Gasteiger partial charge in [0.25, 0.3) is 5.88 Å². The van der Waals surface area contributed by atoms with Crippen molar-refractivity contribution in [2.24, 2.45) is 5.73 Å². The summed E-state index contributed by atoms with van der Waals surface area (Å²) < 4.78 is 39.2. The van der Waals surface area contributed by atoms with Crippen LogP contribution in [-0.2, 0) is 6.54 Å². The molecule has 3 N–H and O–H groups in total. The second-order valence-corrected chi connectivity index (χ2v) is 3.58. The number of ether oxygens (including phenoxy) is 1. The van der Waals surface area contributed by atoms with Crippen LogP contribution in [-0.4, -0.2) is 16.5 Å². The molecule has 0 saturated carbocycles. The number of hydrogen-bond acceptors (Lipinski definition) is 4. The molecule has 0 aliphatic heterocycles. The average Bonchev–Trinajstić information content (AvgIpc) is 2.11. The number of alkyl halides is 3. The van der Waals surface area contributed by atoms with Gasteiger partial charge in [-0.15, -0.1) is 13.2 Å². The Bertz CT molecular complexity index is 370. The molecular formula is C7H6F3IN2O2. The lowest BCUT2D eigenvalue weighted by molar-refractivity contribution is -0.276. The van der Waals surface area contributed by atoms with Crippen LogP contribution in [0.25, 0.3) is 0 Å². The molecule has 8 heteroatoms. The Morgan fingerprint density at radius 3 is 2.60 bits per heavy atom. The fourth-order valence-electron chi connectivity index (χ4n) is 0.827. The highest BCUT2D eigenvalue weighted by atomic mass is 127. The minimum absolute atomic E-state index is 0.0745. The normalized spacial score (nSPS) is 11.5. The number of hydrogen-bond donors (Lipinski definition) is 2. The summed E-state index contributed by atoms with van der Waals surface area (Å²) in [6.07, 6.45) is -3.75. The molecule has 1 rings (SSSR count). The molecule has 0 aromatic carbocycles. The molecule has 15 heavy (non-hydrogen) atoms. The highest BCUT2D eigenvalue weighted by Gasteiger charge is 2.33. The van der Waals surface area contributed by atoms with E-state index in [0.717, 1.165) is 6.20 Å². The number of halogens is 4. The first-order chi connectivity index (χ1) is 6.85. The van der Waals surface area contributed by atoms with Crippen molar-refractivity contribution in [1.29, 1.82) is 0 Å². The number of aromatic hydroxyl groups is 1. The molecule has 1 heterocycles. The van der Waals surface area contributed by atoms with Gasteiger partial charge in [-0.05, 0) is 22.6 Å². The molecular weight excluding hydrogens is 328 g/mol. The first-order valence-electron chi connectivity index (χ1n) is 3.67. The van der Waals surface area contributed by atoms with Crippen molar-refractivity contribution >= 4 is 22.6 Å². The quantitative estimate of drug-likeness (QED) is 0.809. The van der Waals surface area contributed by atoms with Crippen molar-refractivity contribution in [3.05, 3.63) is 15.3 Å². The van der Waals surface area contributed by atoms with E-state index >= 15 is 0 Å². The van der Waals surface area contributed by atoms with Gasteiger partial charge < -0.3 is 15.6 Å². The number of aromatic nitrogens is 1. The van der Waals surface area contributed by atoms with Crippen LogP contribution in [0.5, 0.6) is 11.6 Å². The fourth-order valence-corrected chi connectivity index (χ4v) is 1.42. The topological polar surface area (TPSA) is 68.4 Å². The first-order valence-corrected chi connectivity index (χ1v) is 4.75. The molecule has 1 aromatic rings. The number of nitrogens with two attached hydrogens (primary N) is 1.